The van der Waals surface area contributed by atoms with E-state index in [4.69, 9.17) is 10.5 Å². The Kier molecular flexibility index (Phi) is 8.93. The lowest BCUT2D eigenvalue weighted by atomic mass is 9.80. The number of carbonyl (C=O) groups excluding carboxylic acids is 3. The molecule has 3 unspecified atom stereocenters. The molecule has 0 aliphatic carbocycles. The Hall–Kier alpha value is -1.59. The maximum atomic E-state index is 13.3. The predicted octanol–water partition coefficient (Wildman–Crippen LogP) is 2.49. The Bertz CT molecular complexity index is 464. The summed E-state index contributed by atoms with van der Waals surface area (Å²) in [5.41, 5.74) is 5.61. The van der Waals surface area contributed by atoms with Crippen molar-refractivity contribution in [3.63, 3.8) is 0 Å². The van der Waals surface area contributed by atoms with Crippen LogP contribution >= 0.6 is 0 Å². The summed E-state index contributed by atoms with van der Waals surface area (Å²) in [6.45, 7) is 8.64. The van der Waals surface area contributed by atoms with Crippen molar-refractivity contribution in [2.75, 3.05) is 13.2 Å². The molecule has 1 heterocycles. The fourth-order valence-electron chi connectivity index (χ4n) is 3.69. The van der Waals surface area contributed by atoms with Gasteiger partial charge in [0.15, 0.2) is 0 Å². The zero-order valence-electron chi connectivity index (χ0n) is 16.1. The number of rotatable bonds is 9. The van der Waals surface area contributed by atoms with Gasteiger partial charge in [0.2, 0.25) is 11.8 Å². The molecule has 6 heteroatoms. The smallest absolute Gasteiger partial charge is 0.328 e. The van der Waals surface area contributed by atoms with Gasteiger partial charge in [-0.2, -0.15) is 0 Å². The molecule has 2 N–H and O–H groups in total. The number of likely N-dealkylation sites (tertiary alicyclic amines) is 1. The molecule has 2 amide bonds. The second-order valence-corrected chi connectivity index (χ2v) is 7.33. The molecule has 1 aliphatic heterocycles. The lowest BCUT2D eigenvalue weighted by Crippen LogP contribution is -2.52. The topological polar surface area (TPSA) is 89.7 Å². The van der Waals surface area contributed by atoms with Crippen LogP contribution < -0.4 is 5.73 Å². The van der Waals surface area contributed by atoms with Gasteiger partial charge >= 0.3 is 5.97 Å². The zero-order chi connectivity index (χ0) is 19.0. The maximum absolute atomic E-state index is 13.3. The van der Waals surface area contributed by atoms with Crippen LogP contribution in [0, 0.1) is 17.8 Å². The van der Waals surface area contributed by atoms with Crippen LogP contribution in [-0.4, -0.2) is 41.9 Å². The molecule has 144 valence electrons. The highest BCUT2D eigenvalue weighted by atomic mass is 16.5. The number of primary amides is 1. The molecule has 25 heavy (non-hydrogen) atoms. The van der Waals surface area contributed by atoms with Gasteiger partial charge in [0.25, 0.3) is 0 Å². The van der Waals surface area contributed by atoms with Crippen molar-refractivity contribution in [3.8, 4) is 0 Å². The normalized spacial score (nSPS) is 20.2. The van der Waals surface area contributed by atoms with E-state index >= 15 is 0 Å². The van der Waals surface area contributed by atoms with E-state index in [1.165, 1.54) is 0 Å². The van der Waals surface area contributed by atoms with E-state index in [1.807, 2.05) is 20.8 Å². The van der Waals surface area contributed by atoms with E-state index in [0.717, 1.165) is 19.3 Å². The van der Waals surface area contributed by atoms with Crippen molar-refractivity contribution in [2.45, 2.75) is 72.3 Å². The summed E-state index contributed by atoms with van der Waals surface area (Å²) in [4.78, 5) is 39.2. The van der Waals surface area contributed by atoms with E-state index in [-0.39, 0.29) is 17.8 Å². The van der Waals surface area contributed by atoms with Crippen molar-refractivity contribution in [3.05, 3.63) is 0 Å². The number of hydrogen-bond donors (Lipinski definition) is 1. The Balaban J connectivity index is 3.07. The van der Waals surface area contributed by atoms with Crippen LogP contribution in [0.4, 0.5) is 0 Å². The number of carbonyl (C=O) groups is 3. The van der Waals surface area contributed by atoms with Crippen molar-refractivity contribution >= 4 is 17.8 Å². The Morgan fingerprint density at radius 1 is 1.16 bits per heavy atom. The minimum absolute atomic E-state index is 0.122. The lowest BCUT2D eigenvalue weighted by molar-refractivity contribution is -0.159. The molecule has 0 bridgehead atoms. The summed E-state index contributed by atoms with van der Waals surface area (Å²) in [7, 11) is 0. The fourth-order valence-corrected chi connectivity index (χ4v) is 3.69. The SMILES string of the molecule is CCCC(C(N)=O)C(CC(C)C)C(=O)N1CCCCC1C(=O)OCC. The van der Waals surface area contributed by atoms with Gasteiger partial charge in [-0.15, -0.1) is 0 Å². The minimum Gasteiger partial charge on any atom is -0.464 e. The molecule has 0 aromatic heterocycles. The average molecular weight is 354 g/mol. The van der Waals surface area contributed by atoms with Gasteiger partial charge in [0.05, 0.1) is 6.61 Å². The minimum atomic E-state index is -0.536. The molecule has 0 spiro atoms. The number of piperidine rings is 1. The van der Waals surface area contributed by atoms with Crippen molar-refractivity contribution in [2.24, 2.45) is 23.5 Å². The van der Waals surface area contributed by atoms with Crippen LogP contribution in [0.1, 0.15) is 66.2 Å². The number of amides is 2. The molecular formula is C19H34N2O4. The van der Waals surface area contributed by atoms with Crippen LogP contribution in [0.2, 0.25) is 0 Å². The molecular weight excluding hydrogens is 320 g/mol. The number of ether oxygens (including phenoxy) is 1. The zero-order valence-corrected chi connectivity index (χ0v) is 16.1. The molecule has 0 saturated carbocycles. The first-order valence-electron chi connectivity index (χ1n) is 9.59. The molecule has 3 atom stereocenters. The molecule has 1 saturated heterocycles. The first-order valence-corrected chi connectivity index (χ1v) is 9.59. The highest BCUT2D eigenvalue weighted by Gasteiger charge is 2.40. The molecule has 1 fully saturated rings. The van der Waals surface area contributed by atoms with Crippen LogP contribution in [0.3, 0.4) is 0 Å². The second-order valence-electron chi connectivity index (χ2n) is 7.33. The molecule has 0 aromatic rings. The number of nitrogens with zero attached hydrogens (tertiary/aromatic N) is 1. The van der Waals surface area contributed by atoms with Crippen LogP contribution in [0.15, 0.2) is 0 Å². The average Bonchev–Trinajstić information content (AvgIpc) is 2.57. The predicted molar refractivity (Wildman–Crippen MR) is 96.5 cm³/mol. The maximum Gasteiger partial charge on any atom is 0.328 e. The number of hydrogen-bond acceptors (Lipinski definition) is 4. The molecule has 1 rings (SSSR count). The summed E-state index contributed by atoms with van der Waals surface area (Å²) >= 11 is 0. The quantitative estimate of drug-likeness (QED) is 0.644. The Morgan fingerprint density at radius 2 is 1.84 bits per heavy atom. The second kappa shape index (κ2) is 10.4. The fraction of sp³-hybridized carbons (Fsp3) is 0.842. The summed E-state index contributed by atoms with van der Waals surface area (Å²) in [5.74, 6) is -1.57. The third kappa shape index (κ3) is 6.01. The molecule has 0 radical (unpaired) electrons. The van der Waals surface area contributed by atoms with Crippen LogP contribution in [0.5, 0.6) is 0 Å². The Morgan fingerprint density at radius 3 is 2.36 bits per heavy atom. The number of esters is 1. The summed E-state index contributed by atoms with van der Waals surface area (Å²) in [6, 6.07) is -0.536. The number of nitrogens with two attached hydrogens (primary N) is 1. The molecule has 6 nitrogen and oxygen atoms in total. The van der Waals surface area contributed by atoms with Gasteiger partial charge in [-0.05, 0) is 44.9 Å². The van der Waals surface area contributed by atoms with E-state index in [0.29, 0.717) is 32.4 Å². The first-order chi connectivity index (χ1) is 11.8. The highest BCUT2D eigenvalue weighted by Crippen LogP contribution is 2.30. The van der Waals surface area contributed by atoms with E-state index in [9.17, 15) is 14.4 Å². The largest absolute Gasteiger partial charge is 0.464 e. The third-order valence-corrected chi connectivity index (χ3v) is 4.84. The summed E-state index contributed by atoms with van der Waals surface area (Å²) in [5, 5.41) is 0. The molecule has 0 aromatic carbocycles. The summed E-state index contributed by atoms with van der Waals surface area (Å²) < 4.78 is 5.15. The lowest BCUT2D eigenvalue weighted by Gasteiger charge is -2.38. The van der Waals surface area contributed by atoms with Crippen LogP contribution in [-0.2, 0) is 19.1 Å². The van der Waals surface area contributed by atoms with Crippen molar-refractivity contribution in [1.29, 1.82) is 0 Å². The van der Waals surface area contributed by atoms with Crippen molar-refractivity contribution < 1.29 is 19.1 Å². The van der Waals surface area contributed by atoms with E-state index in [2.05, 4.69) is 0 Å². The Labute approximate surface area is 151 Å². The van der Waals surface area contributed by atoms with Gasteiger partial charge in [-0.1, -0.05) is 27.2 Å². The van der Waals surface area contributed by atoms with E-state index in [1.54, 1.807) is 11.8 Å². The van der Waals surface area contributed by atoms with Gasteiger partial charge in [-0.25, -0.2) is 4.79 Å². The summed E-state index contributed by atoms with van der Waals surface area (Å²) in [6.07, 6.45) is 4.36. The molecule has 1 aliphatic rings. The first kappa shape index (κ1) is 21.5. The van der Waals surface area contributed by atoms with Gasteiger partial charge < -0.3 is 15.4 Å². The standard InChI is InChI=1S/C19H34N2O4/c1-5-9-14(17(20)22)15(12-13(3)4)18(23)21-11-8-7-10-16(21)19(24)25-6-2/h13-16H,5-12H2,1-4H3,(H2,20,22). The van der Waals surface area contributed by atoms with Crippen molar-refractivity contribution in [1.82, 2.24) is 4.90 Å². The van der Waals surface area contributed by atoms with Gasteiger partial charge in [-0.3, -0.25) is 9.59 Å². The van der Waals surface area contributed by atoms with Gasteiger partial charge in [0.1, 0.15) is 6.04 Å². The van der Waals surface area contributed by atoms with Crippen LogP contribution in [0.25, 0.3) is 0 Å². The monoisotopic (exact) mass is 354 g/mol. The van der Waals surface area contributed by atoms with E-state index < -0.39 is 23.8 Å². The third-order valence-electron chi connectivity index (χ3n) is 4.84. The highest BCUT2D eigenvalue weighted by molar-refractivity contribution is 5.90. The van der Waals surface area contributed by atoms with Gasteiger partial charge in [0, 0.05) is 18.4 Å².